The zero-order valence-electron chi connectivity index (χ0n) is 20.5. The first-order valence-corrected chi connectivity index (χ1v) is 13.1. The molecule has 4 rings (SSSR count). The molecule has 2 saturated carbocycles. The summed E-state index contributed by atoms with van der Waals surface area (Å²) in [5, 5.41) is 0. The van der Waals surface area contributed by atoms with Crippen molar-refractivity contribution in [3.8, 4) is 0 Å². The van der Waals surface area contributed by atoms with E-state index in [0.717, 1.165) is 23.7 Å². The van der Waals surface area contributed by atoms with Gasteiger partial charge in [0.15, 0.2) is 5.78 Å². The molecule has 0 aliphatic heterocycles. The zero-order chi connectivity index (χ0) is 21.7. The number of hydrogen-bond acceptors (Lipinski definition) is 1. The van der Waals surface area contributed by atoms with E-state index in [1.54, 1.807) is 0 Å². The molecule has 2 fully saturated rings. The van der Waals surface area contributed by atoms with Crippen LogP contribution in [0.5, 0.6) is 0 Å². The Balaban J connectivity index is 1.53. The van der Waals surface area contributed by atoms with Gasteiger partial charge in [-0.2, -0.15) is 0 Å². The van der Waals surface area contributed by atoms with Crippen LogP contribution in [0.15, 0.2) is 23.8 Å². The Labute approximate surface area is 186 Å². The molecular weight excluding hydrogens is 364 g/mol. The molecule has 30 heavy (non-hydrogen) atoms. The van der Waals surface area contributed by atoms with Crippen molar-refractivity contribution in [3.63, 3.8) is 0 Å². The summed E-state index contributed by atoms with van der Waals surface area (Å²) in [5.74, 6) is 5.23. The van der Waals surface area contributed by atoms with E-state index in [1.165, 1.54) is 63.4 Å². The molecule has 168 valence electrons. The van der Waals surface area contributed by atoms with Gasteiger partial charge in [-0.3, -0.25) is 4.79 Å². The van der Waals surface area contributed by atoms with Crippen LogP contribution in [0.1, 0.15) is 99.3 Å². The number of fused-ring (bicyclic) bond motifs is 5. The van der Waals surface area contributed by atoms with Crippen molar-refractivity contribution >= 4 is 5.78 Å². The Kier molecular flexibility index (Phi) is 6.15. The summed E-state index contributed by atoms with van der Waals surface area (Å²) in [4.78, 5) is 13.4. The van der Waals surface area contributed by atoms with Crippen molar-refractivity contribution in [3.05, 3.63) is 23.8 Å². The monoisotopic (exact) mass is 410 g/mol. The molecule has 4 aliphatic carbocycles. The first-order chi connectivity index (χ1) is 14.2. The standard InChI is InChI=1S/C29H46O/c1-7-21(19(2)3)12-11-20(4)23-13-14-24-27-25(15-17-29(23,24)6)28(5)16-9-8-10-22(28)18-26(27)30/h8,10,18-21,23-25,27H,7,9,11-17H2,1-6H3/t20-,21+,23-,24?,25?,27?,28+,29-/m1/s1. The van der Waals surface area contributed by atoms with Crippen molar-refractivity contribution in [2.75, 3.05) is 0 Å². The minimum Gasteiger partial charge on any atom is -0.295 e. The number of carbonyl (C=O) groups excluding carboxylic acids is 1. The summed E-state index contributed by atoms with van der Waals surface area (Å²) in [7, 11) is 0. The predicted octanol–water partition coefficient (Wildman–Crippen LogP) is 8.01. The fraction of sp³-hybridized carbons (Fsp3) is 0.828. The van der Waals surface area contributed by atoms with Crippen LogP contribution in [0.25, 0.3) is 0 Å². The summed E-state index contributed by atoms with van der Waals surface area (Å²) in [6, 6.07) is 0. The number of rotatable bonds is 6. The quantitative estimate of drug-likeness (QED) is 0.433. The molecule has 0 saturated heterocycles. The van der Waals surface area contributed by atoms with Crippen LogP contribution < -0.4 is 0 Å². The SMILES string of the molecule is CC[C@@H](CC[C@@H](C)[C@H]1CCC2C3C(=O)C=C4C=CCC[C@]4(C)C3CC[C@@]21C)C(C)C. The fourth-order valence-electron chi connectivity index (χ4n) is 8.70. The van der Waals surface area contributed by atoms with Crippen molar-refractivity contribution in [2.24, 2.45) is 52.3 Å². The highest BCUT2D eigenvalue weighted by molar-refractivity contribution is 5.95. The molecule has 0 radical (unpaired) electrons. The van der Waals surface area contributed by atoms with Gasteiger partial charge in [0.25, 0.3) is 0 Å². The van der Waals surface area contributed by atoms with E-state index in [9.17, 15) is 4.79 Å². The summed E-state index contributed by atoms with van der Waals surface area (Å²) in [6.07, 6.45) is 18.3. The molecule has 0 bridgehead atoms. The fourth-order valence-corrected chi connectivity index (χ4v) is 8.70. The first-order valence-electron chi connectivity index (χ1n) is 13.1. The Hall–Kier alpha value is -0.850. The Morgan fingerprint density at radius 3 is 2.50 bits per heavy atom. The van der Waals surface area contributed by atoms with Gasteiger partial charge in [0.1, 0.15) is 0 Å². The molecule has 4 aliphatic rings. The predicted molar refractivity (Wildman–Crippen MR) is 127 cm³/mol. The summed E-state index contributed by atoms with van der Waals surface area (Å²) < 4.78 is 0. The molecular formula is C29H46O. The van der Waals surface area contributed by atoms with Gasteiger partial charge in [-0.1, -0.05) is 66.5 Å². The number of allylic oxidation sites excluding steroid dienone is 4. The lowest BCUT2D eigenvalue weighted by Crippen LogP contribution is -2.52. The van der Waals surface area contributed by atoms with E-state index in [4.69, 9.17) is 0 Å². The topological polar surface area (TPSA) is 17.1 Å². The van der Waals surface area contributed by atoms with Gasteiger partial charge >= 0.3 is 0 Å². The maximum Gasteiger partial charge on any atom is 0.159 e. The summed E-state index contributed by atoms with van der Waals surface area (Å²) in [6.45, 7) is 14.7. The lowest BCUT2D eigenvalue weighted by Gasteiger charge is -2.56. The van der Waals surface area contributed by atoms with Crippen LogP contribution in [0.4, 0.5) is 0 Å². The molecule has 1 heteroatoms. The maximum absolute atomic E-state index is 13.4. The van der Waals surface area contributed by atoms with Gasteiger partial charge in [0.05, 0.1) is 0 Å². The Bertz CT molecular complexity index is 714. The van der Waals surface area contributed by atoms with Crippen LogP contribution in [0.2, 0.25) is 0 Å². The van der Waals surface area contributed by atoms with Gasteiger partial charge in [0, 0.05) is 5.92 Å². The molecule has 1 nitrogen and oxygen atoms in total. The molecule has 0 aromatic carbocycles. The first kappa shape index (κ1) is 22.3. The van der Waals surface area contributed by atoms with Crippen LogP contribution >= 0.6 is 0 Å². The van der Waals surface area contributed by atoms with Crippen LogP contribution in [-0.4, -0.2) is 5.78 Å². The molecule has 8 atom stereocenters. The molecule has 3 unspecified atom stereocenters. The third kappa shape index (κ3) is 3.47. The lowest BCUT2D eigenvalue weighted by molar-refractivity contribution is -0.133. The van der Waals surface area contributed by atoms with Crippen molar-refractivity contribution in [2.45, 2.75) is 99.3 Å². The minimum absolute atomic E-state index is 0.240. The highest BCUT2D eigenvalue weighted by Gasteiger charge is 2.60. The Morgan fingerprint density at radius 1 is 1.03 bits per heavy atom. The van der Waals surface area contributed by atoms with E-state index < -0.39 is 0 Å². The minimum atomic E-state index is 0.240. The highest BCUT2D eigenvalue weighted by atomic mass is 16.1. The van der Waals surface area contributed by atoms with Crippen LogP contribution in [0.3, 0.4) is 0 Å². The van der Waals surface area contributed by atoms with E-state index in [0.29, 0.717) is 29.0 Å². The van der Waals surface area contributed by atoms with E-state index in [1.807, 2.05) is 0 Å². The van der Waals surface area contributed by atoms with Gasteiger partial charge in [-0.15, -0.1) is 0 Å². The normalized spacial score (nSPS) is 42.4. The average Bonchev–Trinajstić information content (AvgIpc) is 3.05. The van der Waals surface area contributed by atoms with Gasteiger partial charge in [-0.05, 0) is 103 Å². The van der Waals surface area contributed by atoms with E-state index in [-0.39, 0.29) is 5.41 Å². The molecule has 0 N–H and O–H groups in total. The van der Waals surface area contributed by atoms with Crippen LogP contribution in [0, 0.1) is 52.3 Å². The lowest BCUT2D eigenvalue weighted by atomic mass is 9.47. The van der Waals surface area contributed by atoms with Crippen molar-refractivity contribution in [1.82, 2.24) is 0 Å². The average molecular weight is 411 g/mol. The van der Waals surface area contributed by atoms with E-state index >= 15 is 0 Å². The molecule has 0 aromatic heterocycles. The van der Waals surface area contributed by atoms with Crippen LogP contribution in [-0.2, 0) is 4.79 Å². The second kappa shape index (κ2) is 8.25. The number of ketones is 1. The van der Waals surface area contributed by atoms with Crippen molar-refractivity contribution < 1.29 is 4.79 Å². The third-order valence-corrected chi connectivity index (χ3v) is 10.7. The second-order valence-electron chi connectivity index (χ2n) is 12.3. The highest BCUT2D eigenvalue weighted by Crippen LogP contribution is 2.66. The second-order valence-corrected chi connectivity index (χ2v) is 12.3. The van der Waals surface area contributed by atoms with E-state index in [2.05, 4.69) is 59.8 Å². The number of carbonyl (C=O) groups is 1. The molecule has 0 aromatic rings. The molecule has 0 heterocycles. The zero-order valence-corrected chi connectivity index (χ0v) is 20.5. The van der Waals surface area contributed by atoms with Gasteiger partial charge in [0.2, 0.25) is 0 Å². The molecule has 0 spiro atoms. The van der Waals surface area contributed by atoms with Crippen molar-refractivity contribution in [1.29, 1.82) is 0 Å². The molecule has 0 amide bonds. The smallest absolute Gasteiger partial charge is 0.159 e. The maximum atomic E-state index is 13.4. The Morgan fingerprint density at radius 2 is 1.80 bits per heavy atom. The van der Waals surface area contributed by atoms with Gasteiger partial charge < -0.3 is 0 Å². The summed E-state index contributed by atoms with van der Waals surface area (Å²) in [5.41, 5.74) is 1.96. The number of hydrogen-bond donors (Lipinski definition) is 0. The van der Waals surface area contributed by atoms with Gasteiger partial charge in [-0.25, -0.2) is 0 Å². The third-order valence-electron chi connectivity index (χ3n) is 10.7. The summed E-state index contributed by atoms with van der Waals surface area (Å²) >= 11 is 0. The largest absolute Gasteiger partial charge is 0.295 e.